The molecule has 0 heterocycles. The second-order valence-corrected chi connectivity index (χ2v) is 5.16. The monoisotopic (exact) mass is 219 g/mol. The second kappa shape index (κ2) is 5.90. The lowest BCUT2D eigenvalue weighted by Crippen LogP contribution is -2.27. The highest BCUT2D eigenvalue weighted by Crippen LogP contribution is 2.25. The van der Waals surface area contributed by atoms with E-state index in [0.717, 1.165) is 0 Å². The van der Waals surface area contributed by atoms with Gasteiger partial charge in [-0.05, 0) is 26.0 Å². The van der Waals surface area contributed by atoms with E-state index in [2.05, 4.69) is 5.32 Å². The number of thioether (sulfide) groups is 1. The topological polar surface area (TPSA) is 66.4 Å². The summed E-state index contributed by atoms with van der Waals surface area (Å²) < 4.78 is -0.761. The predicted molar refractivity (Wildman–Crippen MR) is 57.5 cm³/mol. The molecule has 0 bridgehead atoms. The van der Waals surface area contributed by atoms with Gasteiger partial charge in [-0.3, -0.25) is 9.59 Å². The molecule has 0 rings (SSSR count). The van der Waals surface area contributed by atoms with Crippen molar-refractivity contribution in [3.8, 4) is 0 Å². The Hall–Kier alpha value is -0.710. The molecule has 4 nitrogen and oxygen atoms in total. The third kappa shape index (κ3) is 5.11. The number of hydrogen-bond acceptors (Lipinski definition) is 3. The lowest BCUT2D eigenvalue weighted by atomic mass is 10.2. The molecule has 0 saturated heterocycles. The Morgan fingerprint density at radius 1 is 1.43 bits per heavy atom. The molecule has 82 valence electrons. The van der Waals surface area contributed by atoms with Crippen molar-refractivity contribution in [3.63, 3.8) is 0 Å². The molecule has 0 spiro atoms. The third-order valence-corrected chi connectivity index (χ3v) is 3.19. The Kier molecular flexibility index (Phi) is 5.60. The van der Waals surface area contributed by atoms with Crippen LogP contribution in [-0.2, 0) is 9.59 Å². The minimum Gasteiger partial charge on any atom is -0.480 e. The maximum Gasteiger partial charge on any atom is 0.319 e. The fourth-order valence-electron chi connectivity index (χ4n) is 0.747. The Labute approximate surface area is 88.4 Å². The van der Waals surface area contributed by atoms with Crippen LogP contribution in [0.2, 0.25) is 0 Å². The number of carbonyl (C=O) groups excluding carboxylic acids is 1. The zero-order chi connectivity index (χ0) is 11.2. The molecule has 5 heteroatoms. The van der Waals surface area contributed by atoms with E-state index in [-0.39, 0.29) is 5.91 Å². The molecule has 1 amide bonds. The summed E-state index contributed by atoms with van der Waals surface area (Å²) >= 11 is 1.36. The summed E-state index contributed by atoms with van der Waals surface area (Å²) in [5.41, 5.74) is 0. The summed E-state index contributed by atoms with van der Waals surface area (Å²) in [6, 6.07) is 0. The van der Waals surface area contributed by atoms with Crippen LogP contribution in [0.15, 0.2) is 0 Å². The van der Waals surface area contributed by atoms with E-state index in [1.165, 1.54) is 11.8 Å². The number of rotatable bonds is 6. The molecule has 0 radical (unpaired) electrons. The number of hydrogen-bond donors (Lipinski definition) is 2. The van der Waals surface area contributed by atoms with Crippen LogP contribution in [0.3, 0.4) is 0 Å². The minimum absolute atomic E-state index is 0.00117. The van der Waals surface area contributed by atoms with Crippen molar-refractivity contribution in [1.29, 1.82) is 0 Å². The van der Waals surface area contributed by atoms with Crippen LogP contribution in [0, 0.1) is 0 Å². The van der Waals surface area contributed by atoms with Gasteiger partial charge in [-0.15, -0.1) is 11.8 Å². The zero-order valence-corrected chi connectivity index (χ0v) is 9.61. The molecular formula is C9H17NO3S. The first-order valence-corrected chi connectivity index (χ1v) is 5.46. The smallest absolute Gasteiger partial charge is 0.319 e. The number of amides is 1. The lowest BCUT2D eigenvalue weighted by molar-refractivity contribution is -0.138. The third-order valence-electron chi connectivity index (χ3n) is 1.80. The van der Waals surface area contributed by atoms with Crippen molar-refractivity contribution in [3.05, 3.63) is 0 Å². The number of carboxylic acids is 1. The standard InChI is InChI=1S/C9H17NO3S/c1-9(2,8(12)13)14-6-4-5-7(11)10-3/h4-6H2,1-3H3,(H,10,11)(H,12,13). The Balaban J connectivity index is 3.64. The molecule has 0 saturated carbocycles. The van der Waals surface area contributed by atoms with Crippen molar-refractivity contribution in [1.82, 2.24) is 5.32 Å². The average molecular weight is 219 g/mol. The van der Waals surface area contributed by atoms with Crippen LogP contribution < -0.4 is 5.32 Å². The molecule has 0 aliphatic rings. The van der Waals surface area contributed by atoms with Gasteiger partial charge in [0.15, 0.2) is 0 Å². The summed E-state index contributed by atoms with van der Waals surface area (Å²) in [6.45, 7) is 3.33. The normalized spacial score (nSPS) is 11.1. The van der Waals surface area contributed by atoms with Gasteiger partial charge in [0, 0.05) is 13.5 Å². The van der Waals surface area contributed by atoms with Gasteiger partial charge in [-0.2, -0.15) is 0 Å². The largest absolute Gasteiger partial charge is 0.480 e. The summed E-state index contributed by atoms with van der Waals surface area (Å²) in [7, 11) is 1.59. The molecule has 0 aromatic rings. The van der Waals surface area contributed by atoms with Gasteiger partial charge < -0.3 is 10.4 Å². The van der Waals surface area contributed by atoms with Crippen molar-refractivity contribution in [2.75, 3.05) is 12.8 Å². The van der Waals surface area contributed by atoms with E-state index in [9.17, 15) is 9.59 Å². The minimum atomic E-state index is -0.817. The van der Waals surface area contributed by atoms with Crippen LogP contribution in [0.25, 0.3) is 0 Å². The molecule has 14 heavy (non-hydrogen) atoms. The van der Waals surface area contributed by atoms with Gasteiger partial charge in [-0.25, -0.2) is 0 Å². The highest BCUT2D eigenvalue weighted by Gasteiger charge is 2.26. The lowest BCUT2D eigenvalue weighted by Gasteiger charge is -2.17. The van der Waals surface area contributed by atoms with Gasteiger partial charge in [0.1, 0.15) is 4.75 Å². The van der Waals surface area contributed by atoms with Crippen LogP contribution >= 0.6 is 11.8 Å². The van der Waals surface area contributed by atoms with Crippen LogP contribution in [0.1, 0.15) is 26.7 Å². The first-order valence-electron chi connectivity index (χ1n) is 4.48. The van der Waals surface area contributed by atoms with E-state index in [1.54, 1.807) is 20.9 Å². The number of nitrogens with one attached hydrogen (secondary N) is 1. The SMILES string of the molecule is CNC(=O)CCCSC(C)(C)C(=O)O. The highest BCUT2D eigenvalue weighted by molar-refractivity contribution is 8.01. The molecule has 0 aromatic carbocycles. The van der Waals surface area contributed by atoms with Crippen LogP contribution in [0.4, 0.5) is 0 Å². The number of aliphatic carboxylic acids is 1. The van der Waals surface area contributed by atoms with E-state index in [1.807, 2.05) is 0 Å². The number of carboxylic acid groups (broad SMARTS) is 1. The summed E-state index contributed by atoms with van der Waals surface area (Å²) in [6.07, 6.45) is 1.17. The first kappa shape index (κ1) is 13.3. The van der Waals surface area contributed by atoms with Gasteiger partial charge in [0.05, 0.1) is 0 Å². The quantitative estimate of drug-likeness (QED) is 0.657. The van der Waals surface area contributed by atoms with Crippen LogP contribution in [-0.4, -0.2) is 34.5 Å². The average Bonchev–Trinajstić information content (AvgIpc) is 2.11. The van der Waals surface area contributed by atoms with Gasteiger partial charge in [0.25, 0.3) is 0 Å². The van der Waals surface area contributed by atoms with E-state index >= 15 is 0 Å². The molecule has 0 atom stereocenters. The molecule has 0 unspecified atom stereocenters. The maximum atomic E-state index is 10.8. The maximum absolute atomic E-state index is 10.8. The highest BCUT2D eigenvalue weighted by atomic mass is 32.2. The fourth-order valence-corrected chi connectivity index (χ4v) is 1.67. The Morgan fingerprint density at radius 3 is 2.43 bits per heavy atom. The van der Waals surface area contributed by atoms with Crippen molar-refractivity contribution < 1.29 is 14.7 Å². The Morgan fingerprint density at radius 2 is 2.00 bits per heavy atom. The zero-order valence-electron chi connectivity index (χ0n) is 8.79. The predicted octanol–water partition coefficient (Wildman–Crippen LogP) is 1.11. The van der Waals surface area contributed by atoms with E-state index in [0.29, 0.717) is 18.6 Å². The van der Waals surface area contributed by atoms with Gasteiger partial charge in [-0.1, -0.05) is 0 Å². The molecular weight excluding hydrogens is 202 g/mol. The summed E-state index contributed by atoms with van der Waals surface area (Å²) in [5.74, 6) is -0.131. The molecule has 0 aromatic heterocycles. The van der Waals surface area contributed by atoms with Crippen molar-refractivity contribution >= 4 is 23.6 Å². The fraction of sp³-hybridized carbons (Fsp3) is 0.778. The molecule has 2 N–H and O–H groups in total. The molecule has 0 fully saturated rings. The van der Waals surface area contributed by atoms with Gasteiger partial charge >= 0.3 is 5.97 Å². The molecule has 0 aliphatic heterocycles. The van der Waals surface area contributed by atoms with Crippen molar-refractivity contribution in [2.24, 2.45) is 0 Å². The van der Waals surface area contributed by atoms with E-state index < -0.39 is 10.7 Å². The van der Waals surface area contributed by atoms with Crippen LogP contribution in [0.5, 0.6) is 0 Å². The van der Waals surface area contributed by atoms with Gasteiger partial charge in [0.2, 0.25) is 5.91 Å². The molecule has 0 aliphatic carbocycles. The Bertz CT molecular complexity index is 216. The first-order chi connectivity index (χ1) is 6.40. The second-order valence-electron chi connectivity index (χ2n) is 3.44. The van der Waals surface area contributed by atoms with E-state index in [4.69, 9.17) is 5.11 Å². The summed E-state index contributed by atoms with van der Waals surface area (Å²) in [4.78, 5) is 21.5. The number of carbonyl (C=O) groups is 2. The summed E-state index contributed by atoms with van der Waals surface area (Å²) in [5, 5.41) is 11.3. The van der Waals surface area contributed by atoms with Crippen molar-refractivity contribution in [2.45, 2.75) is 31.4 Å².